The van der Waals surface area contributed by atoms with Gasteiger partial charge in [0.1, 0.15) is 0 Å². The minimum absolute atomic E-state index is 0.389. The number of carbonyl (C=O) groups excluding carboxylic acids is 1. The fourth-order valence-corrected chi connectivity index (χ4v) is 1.44. The lowest BCUT2D eigenvalue weighted by molar-refractivity contribution is -0.111. The molecule has 1 saturated carbocycles. The largest absolute Gasteiger partial charge is 0.341 e. The molecule has 1 aliphatic carbocycles. The molecular weight excluding hydrogens is 128 g/mol. The Morgan fingerprint density at radius 3 is 2.40 bits per heavy atom. The summed E-state index contributed by atoms with van der Waals surface area (Å²) in [4.78, 5) is 10.1. The molecule has 0 atom stereocenters. The molecule has 0 aliphatic heterocycles. The van der Waals surface area contributed by atoms with Crippen molar-refractivity contribution in [1.82, 2.24) is 5.32 Å². The summed E-state index contributed by atoms with van der Waals surface area (Å²) in [5, 5.41) is 2.66. The van der Waals surface area contributed by atoms with Gasteiger partial charge in [-0.25, -0.2) is 0 Å². The third-order valence-corrected chi connectivity index (χ3v) is 2.09. The van der Waals surface area contributed by atoms with Gasteiger partial charge >= 0.3 is 0 Å². The van der Waals surface area contributed by atoms with Gasteiger partial charge in [0.05, 0.1) is 5.66 Å². The summed E-state index contributed by atoms with van der Waals surface area (Å²) in [6, 6.07) is 0. The fourth-order valence-electron chi connectivity index (χ4n) is 1.44. The number of rotatable bonds is 2. The van der Waals surface area contributed by atoms with Crippen LogP contribution in [0, 0.1) is 0 Å². The van der Waals surface area contributed by atoms with Crippen LogP contribution in [-0.4, -0.2) is 12.1 Å². The molecule has 1 aliphatic rings. The Kier molecular flexibility index (Phi) is 2.27. The van der Waals surface area contributed by atoms with E-state index in [9.17, 15) is 4.79 Å². The highest BCUT2D eigenvalue weighted by atomic mass is 16.1. The van der Waals surface area contributed by atoms with Crippen LogP contribution in [0.2, 0.25) is 0 Å². The predicted octanol–water partition coefficient (Wildman–Crippen LogP) is 0.351. The van der Waals surface area contributed by atoms with Crippen molar-refractivity contribution in [3.05, 3.63) is 0 Å². The first-order valence-electron chi connectivity index (χ1n) is 3.77. The number of amides is 1. The molecule has 0 radical (unpaired) electrons. The first-order chi connectivity index (χ1) is 4.77. The Balaban J connectivity index is 2.39. The maximum absolute atomic E-state index is 10.1. The molecule has 1 amide bonds. The van der Waals surface area contributed by atoms with Crippen LogP contribution in [-0.2, 0) is 4.79 Å². The van der Waals surface area contributed by atoms with Crippen LogP contribution in [0.3, 0.4) is 0 Å². The molecule has 3 heteroatoms. The van der Waals surface area contributed by atoms with Gasteiger partial charge in [0.2, 0.25) is 6.41 Å². The van der Waals surface area contributed by atoms with Gasteiger partial charge in [0, 0.05) is 0 Å². The van der Waals surface area contributed by atoms with E-state index in [1.807, 2.05) is 0 Å². The maximum Gasteiger partial charge on any atom is 0.208 e. The highest BCUT2D eigenvalue weighted by molar-refractivity contribution is 5.47. The smallest absolute Gasteiger partial charge is 0.208 e. The number of carbonyl (C=O) groups is 1. The second-order valence-corrected chi connectivity index (χ2v) is 2.98. The number of hydrogen-bond acceptors (Lipinski definition) is 2. The zero-order chi connectivity index (χ0) is 7.45. The predicted molar refractivity (Wildman–Crippen MR) is 39.2 cm³/mol. The molecule has 3 N–H and O–H groups in total. The van der Waals surface area contributed by atoms with Crippen molar-refractivity contribution in [3.8, 4) is 0 Å². The second-order valence-electron chi connectivity index (χ2n) is 2.98. The Labute approximate surface area is 61.0 Å². The normalized spacial score (nSPS) is 23.7. The maximum atomic E-state index is 10.1. The Hall–Kier alpha value is -0.570. The number of nitrogens with two attached hydrogens (primary N) is 1. The number of nitrogens with one attached hydrogen (secondary N) is 1. The Morgan fingerprint density at radius 2 is 1.90 bits per heavy atom. The quantitative estimate of drug-likeness (QED) is 0.432. The van der Waals surface area contributed by atoms with Crippen LogP contribution < -0.4 is 11.1 Å². The Bertz CT molecular complexity index is 119. The van der Waals surface area contributed by atoms with Crippen molar-refractivity contribution in [2.24, 2.45) is 5.73 Å². The number of hydrogen-bond donors (Lipinski definition) is 2. The van der Waals surface area contributed by atoms with Crippen LogP contribution in [0.25, 0.3) is 0 Å². The molecule has 0 spiro atoms. The lowest BCUT2D eigenvalue weighted by Crippen LogP contribution is -2.53. The summed E-state index contributed by atoms with van der Waals surface area (Å²) in [6.07, 6.45) is 6.07. The minimum Gasteiger partial charge on any atom is -0.341 e. The molecule has 10 heavy (non-hydrogen) atoms. The molecule has 0 saturated heterocycles. The van der Waals surface area contributed by atoms with E-state index < -0.39 is 0 Å². The van der Waals surface area contributed by atoms with Crippen LogP contribution in [0.5, 0.6) is 0 Å². The molecule has 0 aromatic carbocycles. The van der Waals surface area contributed by atoms with E-state index in [1.165, 1.54) is 6.42 Å². The average Bonchev–Trinajstić information content (AvgIpc) is 1.89. The van der Waals surface area contributed by atoms with Crippen molar-refractivity contribution in [1.29, 1.82) is 0 Å². The molecule has 1 fully saturated rings. The van der Waals surface area contributed by atoms with Gasteiger partial charge in [-0.3, -0.25) is 4.79 Å². The van der Waals surface area contributed by atoms with E-state index in [0.717, 1.165) is 25.7 Å². The Morgan fingerprint density at radius 1 is 1.30 bits per heavy atom. The zero-order valence-electron chi connectivity index (χ0n) is 6.10. The van der Waals surface area contributed by atoms with Gasteiger partial charge in [-0.15, -0.1) is 0 Å². The third-order valence-electron chi connectivity index (χ3n) is 2.09. The summed E-state index contributed by atoms with van der Waals surface area (Å²) in [7, 11) is 0. The molecule has 1 rings (SSSR count). The highest BCUT2D eigenvalue weighted by Gasteiger charge is 2.25. The monoisotopic (exact) mass is 142 g/mol. The van der Waals surface area contributed by atoms with Gasteiger partial charge in [0.25, 0.3) is 0 Å². The molecule has 58 valence electrons. The summed E-state index contributed by atoms with van der Waals surface area (Å²) >= 11 is 0. The third kappa shape index (κ3) is 1.70. The summed E-state index contributed by atoms with van der Waals surface area (Å²) < 4.78 is 0. The molecule has 0 aromatic rings. The van der Waals surface area contributed by atoms with Crippen molar-refractivity contribution < 1.29 is 4.79 Å². The van der Waals surface area contributed by atoms with E-state index in [-0.39, 0.29) is 5.66 Å². The van der Waals surface area contributed by atoms with Crippen LogP contribution in [0.15, 0.2) is 0 Å². The first kappa shape index (κ1) is 7.54. The van der Waals surface area contributed by atoms with Crippen LogP contribution in [0.1, 0.15) is 32.1 Å². The summed E-state index contributed by atoms with van der Waals surface area (Å²) in [6.45, 7) is 0. The highest BCUT2D eigenvalue weighted by Crippen LogP contribution is 2.22. The zero-order valence-corrected chi connectivity index (χ0v) is 6.10. The van der Waals surface area contributed by atoms with Crippen molar-refractivity contribution in [2.45, 2.75) is 37.8 Å². The molecule has 3 nitrogen and oxygen atoms in total. The van der Waals surface area contributed by atoms with Crippen LogP contribution in [0.4, 0.5) is 0 Å². The molecule has 0 bridgehead atoms. The van der Waals surface area contributed by atoms with Crippen molar-refractivity contribution in [3.63, 3.8) is 0 Å². The van der Waals surface area contributed by atoms with E-state index in [1.54, 1.807) is 0 Å². The van der Waals surface area contributed by atoms with Crippen molar-refractivity contribution in [2.75, 3.05) is 0 Å². The minimum atomic E-state index is -0.389. The van der Waals surface area contributed by atoms with Gasteiger partial charge < -0.3 is 11.1 Å². The van der Waals surface area contributed by atoms with E-state index in [4.69, 9.17) is 5.73 Å². The van der Waals surface area contributed by atoms with Crippen molar-refractivity contribution >= 4 is 6.41 Å². The van der Waals surface area contributed by atoms with Gasteiger partial charge in [-0.05, 0) is 25.7 Å². The van der Waals surface area contributed by atoms with Gasteiger partial charge in [-0.1, -0.05) is 6.42 Å². The lowest BCUT2D eigenvalue weighted by atomic mass is 9.90. The first-order valence-corrected chi connectivity index (χ1v) is 3.77. The second kappa shape index (κ2) is 3.01. The standard InChI is InChI=1S/C7H14N2O/c8-7(9-6-10)4-2-1-3-5-7/h6H,1-5,8H2,(H,9,10). The van der Waals surface area contributed by atoms with E-state index in [0.29, 0.717) is 6.41 Å². The molecule has 0 aromatic heterocycles. The SMILES string of the molecule is NC1(NC=O)CCCCC1. The molecule has 0 unspecified atom stereocenters. The van der Waals surface area contributed by atoms with Gasteiger partial charge in [-0.2, -0.15) is 0 Å². The average molecular weight is 142 g/mol. The van der Waals surface area contributed by atoms with E-state index in [2.05, 4.69) is 5.32 Å². The molecular formula is C7H14N2O. The summed E-state index contributed by atoms with van der Waals surface area (Å²) in [5.41, 5.74) is 5.44. The van der Waals surface area contributed by atoms with E-state index >= 15 is 0 Å². The van der Waals surface area contributed by atoms with Crippen LogP contribution >= 0.6 is 0 Å². The lowest BCUT2D eigenvalue weighted by Gasteiger charge is -2.32. The fraction of sp³-hybridized carbons (Fsp3) is 0.857. The molecule has 0 heterocycles. The van der Waals surface area contributed by atoms with Gasteiger partial charge in [0.15, 0.2) is 0 Å². The topological polar surface area (TPSA) is 55.1 Å². The summed E-state index contributed by atoms with van der Waals surface area (Å²) in [5.74, 6) is 0.